The molecule has 0 saturated carbocycles. The van der Waals surface area contributed by atoms with Crippen LogP contribution in [0, 0.1) is 0 Å². The highest BCUT2D eigenvalue weighted by Gasteiger charge is 2.28. The summed E-state index contributed by atoms with van der Waals surface area (Å²) in [5, 5.41) is 1.98. The van der Waals surface area contributed by atoms with Crippen molar-refractivity contribution in [3.63, 3.8) is 0 Å². The zero-order chi connectivity index (χ0) is 21.8. The van der Waals surface area contributed by atoms with Gasteiger partial charge in [-0.3, -0.25) is 4.90 Å². The maximum atomic E-state index is 13.2. The predicted molar refractivity (Wildman–Crippen MR) is 122 cm³/mol. The van der Waals surface area contributed by atoms with E-state index in [0.717, 1.165) is 34.4 Å². The molecule has 4 rings (SSSR count). The SMILES string of the molecule is CCOc1cc(CN2CCN(S(=O)(=O)c3ccc4ccccc4c3)CC2)ccc1OC. The quantitative estimate of drug-likeness (QED) is 0.560. The molecule has 0 unspecified atom stereocenters. The Hall–Kier alpha value is -2.61. The van der Waals surface area contributed by atoms with Crippen LogP contribution in [-0.4, -0.2) is 57.5 Å². The van der Waals surface area contributed by atoms with Gasteiger partial charge in [0, 0.05) is 32.7 Å². The number of methoxy groups -OCH3 is 1. The molecule has 0 radical (unpaired) electrons. The molecule has 0 spiro atoms. The lowest BCUT2D eigenvalue weighted by Gasteiger charge is -2.34. The molecule has 0 aromatic heterocycles. The van der Waals surface area contributed by atoms with E-state index in [-0.39, 0.29) is 0 Å². The molecule has 1 aliphatic heterocycles. The van der Waals surface area contributed by atoms with Gasteiger partial charge in [-0.2, -0.15) is 4.31 Å². The van der Waals surface area contributed by atoms with Crippen LogP contribution in [-0.2, 0) is 16.6 Å². The van der Waals surface area contributed by atoms with E-state index in [1.807, 2.05) is 55.5 Å². The lowest BCUT2D eigenvalue weighted by Crippen LogP contribution is -2.48. The highest BCUT2D eigenvalue weighted by atomic mass is 32.2. The Morgan fingerprint density at radius 2 is 1.61 bits per heavy atom. The van der Waals surface area contributed by atoms with Gasteiger partial charge < -0.3 is 9.47 Å². The molecule has 1 heterocycles. The summed E-state index contributed by atoms with van der Waals surface area (Å²) < 4.78 is 38.9. The van der Waals surface area contributed by atoms with Crippen LogP contribution in [0.1, 0.15) is 12.5 Å². The molecule has 164 valence electrons. The third-order valence-electron chi connectivity index (χ3n) is 5.62. The van der Waals surface area contributed by atoms with Gasteiger partial charge in [0.05, 0.1) is 18.6 Å². The fourth-order valence-electron chi connectivity index (χ4n) is 3.95. The van der Waals surface area contributed by atoms with Gasteiger partial charge in [0.2, 0.25) is 10.0 Å². The minimum absolute atomic E-state index is 0.358. The van der Waals surface area contributed by atoms with Crippen molar-refractivity contribution < 1.29 is 17.9 Å². The molecule has 3 aromatic rings. The van der Waals surface area contributed by atoms with Crippen LogP contribution < -0.4 is 9.47 Å². The summed E-state index contributed by atoms with van der Waals surface area (Å²) in [5.74, 6) is 1.46. The minimum Gasteiger partial charge on any atom is -0.493 e. The monoisotopic (exact) mass is 440 g/mol. The first-order chi connectivity index (χ1) is 15.0. The molecule has 0 bridgehead atoms. The summed E-state index contributed by atoms with van der Waals surface area (Å²) in [7, 11) is -1.87. The second-order valence-electron chi connectivity index (χ2n) is 7.61. The van der Waals surface area contributed by atoms with Crippen molar-refractivity contribution >= 4 is 20.8 Å². The molecule has 0 amide bonds. The van der Waals surface area contributed by atoms with Gasteiger partial charge in [-0.25, -0.2) is 8.42 Å². The maximum absolute atomic E-state index is 13.2. The number of rotatable bonds is 7. The van der Waals surface area contributed by atoms with Crippen LogP contribution in [0.5, 0.6) is 11.5 Å². The Labute approximate surface area is 184 Å². The zero-order valence-electron chi connectivity index (χ0n) is 18.0. The molecular weight excluding hydrogens is 412 g/mol. The molecule has 0 N–H and O–H groups in total. The van der Waals surface area contributed by atoms with Gasteiger partial charge in [-0.15, -0.1) is 0 Å². The van der Waals surface area contributed by atoms with Crippen molar-refractivity contribution in [2.24, 2.45) is 0 Å². The molecule has 1 saturated heterocycles. The zero-order valence-corrected chi connectivity index (χ0v) is 18.8. The van der Waals surface area contributed by atoms with Gasteiger partial charge in [0.15, 0.2) is 11.5 Å². The van der Waals surface area contributed by atoms with Crippen molar-refractivity contribution in [3.8, 4) is 11.5 Å². The fourth-order valence-corrected chi connectivity index (χ4v) is 5.41. The topological polar surface area (TPSA) is 59.1 Å². The average molecular weight is 441 g/mol. The number of nitrogens with zero attached hydrogens (tertiary/aromatic N) is 2. The van der Waals surface area contributed by atoms with Crippen molar-refractivity contribution in [3.05, 3.63) is 66.2 Å². The number of ether oxygens (including phenoxy) is 2. The largest absolute Gasteiger partial charge is 0.493 e. The number of piperazine rings is 1. The molecule has 7 heteroatoms. The van der Waals surface area contributed by atoms with Crippen molar-refractivity contribution in [2.45, 2.75) is 18.4 Å². The van der Waals surface area contributed by atoms with E-state index < -0.39 is 10.0 Å². The summed E-state index contributed by atoms with van der Waals surface area (Å²) in [6.45, 7) is 5.58. The molecular formula is C24H28N2O4S. The third kappa shape index (κ3) is 4.69. The van der Waals surface area contributed by atoms with Gasteiger partial charge in [0.1, 0.15) is 0 Å². The molecule has 3 aromatic carbocycles. The van der Waals surface area contributed by atoms with Gasteiger partial charge in [0.25, 0.3) is 0 Å². The van der Waals surface area contributed by atoms with E-state index in [4.69, 9.17) is 9.47 Å². The van der Waals surface area contributed by atoms with Crippen LogP contribution in [0.25, 0.3) is 10.8 Å². The summed E-state index contributed by atoms with van der Waals surface area (Å²) in [6, 6.07) is 19.1. The van der Waals surface area contributed by atoms with Crippen LogP contribution >= 0.6 is 0 Å². The summed E-state index contributed by atoms with van der Waals surface area (Å²) in [4.78, 5) is 2.63. The van der Waals surface area contributed by atoms with Crippen LogP contribution in [0.4, 0.5) is 0 Å². The van der Waals surface area contributed by atoms with Crippen LogP contribution in [0.3, 0.4) is 0 Å². The second-order valence-corrected chi connectivity index (χ2v) is 9.55. The smallest absolute Gasteiger partial charge is 0.243 e. The Kier molecular flexibility index (Phi) is 6.46. The van der Waals surface area contributed by atoms with Gasteiger partial charge in [-0.05, 0) is 47.5 Å². The van der Waals surface area contributed by atoms with E-state index in [9.17, 15) is 8.42 Å². The van der Waals surface area contributed by atoms with Crippen LogP contribution in [0.2, 0.25) is 0 Å². The Morgan fingerprint density at radius 3 is 2.32 bits per heavy atom. The lowest BCUT2D eigenvalue weighted by atomic mass is 10.1. The number of fused-ring (bicyclic) bond motifs is 1. The highest BCUT2D eigenvalue weighted by molar-refractivity contribution is 7.89. The first kappa shape index (κ1) is 21.6. The summed E-state index contributed by atoms with van der Waals surface area (Å²) >= 11 is 0. The maximum Gasteiger partial charge on any atom is 0.243 e. The lowest BCUT2D eigenvalue weighted by molar-refractivity contribution is 0.181. The van der Waals surface area contributed by atoms with Gasteiger partial charge >= 0.3 is 0 Å². The van der Waals surface area contributed by atoms with E-state index >= 15 is 0 Å². The Morgan fingerprint density at radius 1 is 0.871 bits per heavy atom. The van der Waals surface area contributed by atoms with E-state index in [1.165, 1.54) is 0 Å². The number of hydrogen-bond acceptors (Lipinski definition) is 5. The molecule has 0 aliphatic carbocycles. The number of benzene rings is 3. The summed E-state index contributed by atoms with van der Waals surface area (Å²) in [5.41, 5.74) is 1.12. The Balaban J connectivity index is 1.42. The Bertz CT molecular complexity index is 1160. The molecule has 0 atom stereocenters. The van der Waals surface area contributed by atoms with Crippen molar-refractivity contribution in [1.82, 2.24) is 9.21 Å². The number of hydrogen-bond donors (Lipinski definition) is 0. The van der Waals surface area contributed by atoms with Crippen molar-refractivity contribution in [1.29, 1.82) is 0 Å². The average Bonchev–Trinajstić information content (AvgIpc) is 2.79. The first-order valence-corrected chi connectivity index (χ1v) is 12.0. The van der Waals surface area contributed by atoms with E-state index in [1.54, 1.807) is 23.5 Å². The standard InChI is InChI=1S/C24H28N2O4S/c1-3-30-24-16-19(8-11-23(24)29-2)18-25-12-14-26(15-13-25)31(27,28)22-10-9-20-6-4-5-7-21(20)17-22/h4-11,16-17H,3,12-15,18H2,1-2H3. The van der Waals surface area contributed by atoms with Crippen LogP contribution in [0.15, 0.2) is 65.6 Å². The normalized spacial score (nSPS) is 15.8. The summed E-state index contributed by atoms with van der Waals surface area (Å²) in [6.07, 6.45) is 0. The second kappa shape index (κ2) is 9.26. The molecule has 1 aliphatic rings. The molecule has 1 fully saturated rings. The van der Waals surface area contributed by atoms with E-state index in [2.05, 4.69) is 4.90 Å². The first-order valence-electron chi connectivity index (χ1n) is 10.5. The van der Waals surface area contributed by atoms with Gasteiger partial charge in [-0.1, -0.05) is 36.4 Å². The van der Waals surface area contributed by atoms with E-state index in [0.29, 0.717) is 37.7 Å². The van der Waals surface area contributed by atoms with Crippen molar-refractivity contribution in [2.75, 3.05) is 39.9 Å². The minimum atomic E-state index is -3.50. The molecule has 31 heavy (non-hydrogen) atoms. The number of sulfonamides is 1. The molecule has 6 nitrogen and oxygen atoms in total. The fraction of sp³-hybridized carbons (Fsp3) is 0.333. The predicted octanol–water partition coefficient (Wildman–Crippen LogP) is 3.75. The highest BCUT2D eigenvalue weighted by Crippen LogP contribution is 2.29. The third-order valence-corrected chi connectivity index (χ3v) is 7.52.